The third-order valence-electron chi connectivity index (χ3n) is 2.80. The van der Waals surface area contributed by atoms with Gasteiger partial charge in [-0.15, -0.1) is 0 Å². The molecule has 0 fully saturated rings. The molecule has 2 aromatic heterocycles. The van der Waals surface area contributed by atoms with Gasteiger partial charge in [0.25, 0.3) is 5.56 Å². The van der Waals surface area contributed by atoms with Gasteiger partial charge in [0.2, 0.25) is 5.91 Å². The Balaban J connectivity index is 2.07. The Morgan fingerprint density at radius 1 is 1.50 bits per heavy atom. The van der Waals surface area contributed by atoms with E-state index in [1.807, 2.05) is 0 Å². The van der Waals surface area contributed by atoms with Crippen LogP contribution in [0.15, 0.2) is 28.2 Å². The number of carbonyl (C=O) groups is 1. The first-order valence-electron chi connectivity index (χ1n) is 5.90. The lowest BCUT2D eigenvalue weighted by atomic mass is 10.3. The van der Waals surface area contributed by atoms with Crippen LogP contribution in [0.4, 0.5) is 0 Å². The van der Waals surface area contributed by atoms with Crippen LogP contribution < -0.4 is 16.6 Å². The summed E-state index contributed by atoms with van der Waals surface area (Å²) < 4.78 is 2.09. The summed E-state index contributed by atoms with van der Waals surface area (Å²) in [5, 5.41) is 9.01. The van der Waals surface area contributed by atoms with E-state index in [0.29, 0.717) is 5.82 Å². The predicted octanol–water partition coefficient (Wildman–Crippen LogP) is -1.46. The van der Waals surface area contributed by atoms with Gasteiger partial charge in [-0.2, -0.15) is 5.10 Å². The Morgan fingerprint density at radius 2 is 2.25 bits per heavy atom. The number of hydrogen-bond donors (Lipinski definition) is 2. The average molecular weight is 278 g/mol. The second-order valence-corrected chi connectivity index (χ2v) is 4.28. The first-order chi connectivity index (χ1) is 9.49. The zero-order valence-corrected chi connectivity index (χ0v) is 11.0. The number of nitrogens with zero attached hydrogens (tertiary/aromatic N) is 4. The van der Waals surface area contributed by atoms with Crippen molar-refractivity contribution in [3.05, 3.63) is 45.3 Å². The van der Waals surface area contributed by atoms with E-state index < -0.39 is 11.2 Å². The molecule has 2 N–H and O–H groups in total. The largest absolute Gasteiger partial charge is 0.345 e. The maximum Gasteiger partial charge on any atom is 0.331 e. The number of rotatable bonds is 4. The molecule has 2 aromatic rings. The molecule has 0 saturated carbocycles. The number of amides is 1. The van der Waals surface area contributed by atoms with Gasteiger partial charge in [-0.3, -0.25) is 23.8 Å². The Kier molecular flexibility index (Phi) is 3.78. The molecule has 1 atom stereocenters. The van der Waals surface area contributed by atoms with Crippen LogP contribution in [0.5, 0.6) is 0 Å². The summed E-state index contributed by atoms with van der Waals surface area (Å²) in [5.74, 6) is 0.154. The lowest BCUT2D eigenvalue weighted by Crippen LogP contribution is -2.40. The van der Waals surface area contributed by atoms with E-state index in [9.17, 15) is 14.4 Å². The highest BCUT2D eigenvalue weighted by atomic mass is 16.2. The summed E-state index contributed by atoms with van der Waals surface area (Å²) in [6.07, 6.45) is 2.64. The third-order valence-corrected chi connectivity index (χ3v) is 2.80. The fourth-order valence-corrected chi connectivity index (χ4v) is 1.67. The highest BCUT2D eigenvalue weighted by Crippen LogP contribution is 2.03. The second-order valence-electron chi connectivity index (χ2n) is 4.28. The Hall–Kier alpha value is -2.71. The van der Waals surface area contributed by atoms with E-state index in [2.05, 4.69) is 20.5 Å². The van der Waals surface area contributed by atoms with Gasteiger partial charge >= 0.3 is 5.69 Å². The minimum Gasteiger partial charge on any atom is -0.345 e. The monoisotopic (exact) mass is 278 g/mol. The highest BCUT2D eigenvalue weighted by molar-refractivity contribution is 5.76. The van der Waals surface area contributed by atoms with Crippen LogP contribution in [0.2, 0.25) is 0 Å². The molecule has 0 bridgehead atoms. The van der Waals surface area contributed by atoms with Gasteiger partial charge in [0.15, 0.2) is 0 Å². The molecular formula is C11H14N6O3. The topological polar surface area (TPSA) is 115 Å². The van der Waals surface area contributed by atoms with Crippen molar-refractivity contribution in [1.82, 2.24) is 29.6 Å². The Bertz CT molecular complexity index is 714. The molecule has 1 unspecified atom stereocenters. The molecule has 0 saturated heterocycles. The Labute approximate surface area is 113 Å². The fraction of sp³-hybridized carbons (Fsp3) is 0.364. The smallest absolute Gasteiger partial charge is 0.331 e. The molecule has 20 heavy (non-hydrogen) atoms. The van der Waals surface area contributed by atoms with Crippen molar-refractivity contribution >= 4 is 5.91 Å². The number of aromatic nitrogens is 5. The fourth-order valence-electron chi connectivity index (χ4n) is 1.67. The lowest BCUT2D eigenvalue weighted by molar-refractivity contribution is -0.122. The molecule has 9 heteroatoms. The van der Waals surface area contributed by atoms with Gasteiger partial charge < -0.3 is 5.32 Å². The second kappa shape index (κ2) is 5.51. The molecule has 106 valence electrons. The number of carbonyl (C=O) groups excluding carboxylic acids is 1. The number of aromatic amines is 1. The molecule has 0 radical (unpaired) electrons. The van der Waals surface area contributed by atoms with E-state index in [4.69, 9.17) is 0 Å². The Morgan fingerprint density at radius 3 is 2.90 bits per heavy atom. The van der Waals surface area contributed by atoms with Crippen molar-refractivity contribution in [2.24, 2.45) is 7.05 Å². The first-order valence-corrected chi connectivity index (χ1v) is 5.90. The molecule has 0 aliphatic rings. The van der Waals surface area contributed by atoms with Gasteiger partial charge in [-0.25, -0.2) is 9.78 Å². The van der Waals surface area contributed by atoms with Gasteiger partial charge in [0.1, 0.15) is 18.7 Å². The van der Waals surface area contributed by atoms with Crippen molar-refractivity contribution in [1.29, 1.82) is 0 Å². The van der Waals surface area contributed by atoms with E-state index in [0.717, 1.165) is 9.13 Å². The summed E-state index contributed by atoms with van der Waals surface area (Å²) in [6, 6.07) is 0.877. The number of hydrogen-bond acceptors (Lipinski definition) is 5. The average Bonchev–Trinajstić information content (AvgIpc) is 2.93. The summed E-state index contributed by atoms with van der Waals surface area (Å²) in [5.41, 5.74) is -0.957. The van der Waals surface area contributed by atoms with Crippen molar-refractivity contribution in [3.63, 3.8) is 0 Å². The predicted molar refractivity (Wildman–Crippen MR) is 68.9 cm³/mol. The molecule has 1 amide bonds. The van der Waals surface area contributed by atoms with Crippen LogP contribution in [-0.2, 0) is 18.4 Å². The maximum absolute atomic E-state index is 11.8. The van der Waals surface area contributed by atoms with Crippen molar-refractivity contribution in [3.8, 4) is 0 Å². The molecule has 2 heterocycles. The normalized spacial score (nSPS) is 12.1. The number of nitrogens with one attached hydrogen (secondary N) is 2. The van der Waals surface area contributed by atoms with Gasteiger partial charge in [-0.05, 0) is 6.92 Å². The van der Waals surface area contributed by atoms with Crippen LogP contribution in [0.25, 0.3) is 0 Å². The maximum atomic E-state index is 11.8. The molecule has 0 aromatic carbocycles. The minimum atomic E-state index is -0.542. The molecular weight excluding hydrogens is 264 g/mol. The van der Waals surface area contributed by atoms with Crippen LogP contribution in [0.3, 0.4) is 0 Å². The summed E-state index contributed by atoms with van der Waals surface area (Å²) in [4.78, 5) is 38.8. The summed E-state index contributed by atoms with van der Waals surface area (Å²) in [7, 11) is 1.36. The zero-order chi connectivity index (χ0) is 14.7. The van der Waals surface area contributed by atoms with Gasteiger partial charge in [-0.1, -0.05) is 0 Å². The van der Waals surface area contributed by atoms with Crippen molar-refractivity contribution < 1.29 is 4.79 Å². The molecule has 0 spiro atoms. The number of H-pyrrole nitrogens is 1. The molecule has 2 rings (SSSR count). The molecule has 0 aliphatic carbocycles. The molecule has 0 aliphatic heterocycles. The van der Waals surface area contributed by atoms with Crippen LogP contribution in [0, 0.1) is 0 Å². The van der Waals surface area contributed by atoms with Crippen LogP contribution >= 0.6 is 0 Å². The zero-order valence-electron chi connectivity index (χ0n) is 11.0. The van der Waals surface area contributed by atoms with E-state index in [-0.39, 0.29) is 18.5 Å². The van der Waals surface area contributed by atoms with Crippen molar-refractivity contribution in [2.45, 2.75) is 19.5 Å². The quantitative estimate of drug-likeness (QED) is 0.709. The standard InChI is InChI=1S/C11H14N6O3/c1-7(10-12-6-13-15-10)14-8(18)5-17-4-3-9(19)16(2)11(17)20/h3-4,6-7H,5H2,1-2H3,(H,14,18)(H,12,13,15). The summed E-state index contributed by atoms with van der Waals surface area (Å²) >= 11 is 0. The van der Waals surface area contributed by atoms with Crippen LogP contribution in [0.1, 0.15) is 18.8 Å². The van der Waals surface area contributed by atoms with Crippen molar-refractivity contribution in [2.75, 3.05) is 0 Å². The van der Waals surface area contributed by atoms with E-state index in [1.165, 1.54) is 25.6 Å². The SMILES string of the molecule is CC(NC(=O)Cn1ccc(=O)n(C)c1=O)c1ncn[nH]1. The first kappa shape index (κ1) is 13.7. The molecule has 9 nitrogen and oxygen atoms in total. The summed E-state index contributed by atoms with van der Waals surface area (Å²) in [6.45, 7) is 1.56. The third kappa shape index (κ3) is 2.82. The van der Waals surface area contributed by atoms with Gasteiger partial charge in [0, 0.05) is 19.3 Å². The lowest BCUT2D eigenvalue weighted by Gasteiger charge is -2.12. The van der Waals surface area contributed by atoms with E-state index in [1.54, 1.807) is 6.92 Å². The van der Waals surface area contributed by atoms with Crippen LogP contribution in [-0.4, -0.2) is 30.2 Å². The van der Waals surface area contributed by atoms with E-state index >= 15 is 0 Å². The van der Waals surface area contributed by atoms with Gasteiger partial charge in [0.05, 0.1) is 6.04 Å². The highest BCUT2D eigenvalue weighted by Gasteiger charge is 2.13. The minimum absolute atomic E-state index is 0.175.